The summed E-state index contributed by atoms with van der Waals surface area (Å²) in [7, 11) is 0. The van der Waals surface area contributed by atoms with Crippen LogP contribution in [-0.4, -0.2) is 4.98 Å². The van der Waals surface area contributed by atoms with Gasteiger partial charge in [0.2, 0.25) is 0 Å². The van der Waals surface area contributed by atoms with E-state index in [4.69, 9.17) is 33.7 Å². The van der Waals surface area contributed by atoms with E-state index in [0.29, 0.717) is 33.0 Å². The number of benzene rings is 2. The number of nitrogen functional groups attached to an aromatic ring is 1. The van der Waals surface area contributed by atoms with E-state index in [2.05, 4.69) is 10.3 Å². The zero-order chi connectivity index (χ0) is 16.2. The van der Waals surface area contributed by atoms with Crippen molar-refractivity contribution in [2.24, 2.45) is 0 Å². The Balaban J connectivity index is 1.79. The molecule has 1 aromatic heterocycles. The van der Waals surface area contributed by atoms with Crippen molar-refractivity contribution in [2.45, 2.75) is 0 Å². The average Bonchev–Trinajstić information content (AvgIpc) is 2.54. The van der Waals surface area contributed by atoms with Gasteiger partial charge in [-0.2, -0.15) is 0 Å². The Kier molecular flexibility index (Phi) is 4.55. The molecule has 0 aliphatic carbocycles. The van der Waals surface area contributed by atoms with E-state index in [1.807, 2.05) is 24.3 Å². The minimum absolute atomic E-state index is 0.439. The summed E-state index contributed by atoms with van der Waals surface area (Å²) < 4.78 is 5.77. The lowest BCUT2D eigenvalue weighted by Gasteiger charge is -2.10. The molecule has 3 N–H and O–H groups in total. The number of nitrogens with one attached hydrogen (secondary N) is 1. The fourth-order valence-corrected chi connectivity index (χ4v) is 2.26. The zero-order valence-electron chi connectivity index (χ0n) is 12.0. The van der Waals surface area contributed by atoms with Gasteiger partial charge in [-0.15, -0.1) is 0 Å². The van der Waals surface area contributed by atoms with Crippen LogP contribution >= 0.6 is 23.2 Å². The second-order valence-electron chi connectivity index (χ2n) is 4.77. The summed E-state index contributed by atoms with van der Waals surface area (Å²) in [6, 6.07) is 16.1. The SMILES string of the molecule is Nc1ccccc1Nc1cc(Oc2ccc(Cl)c(Cl)c2)ccn1. The minimum Gasteiger partial charge on any atom is -0.457 e. The third-order valence-electron chi connectivity index (χ3n) is 3.08. The van der Waals surface area contributed by atoms with Crippen LogP contribution in [0.25, 0.3) is 0 Å². The molecular formula is C17H13Cl2N3O. The fraction of sp³-hybridized carbons (Fsp3) is 0. The maximum absolute atomic E-state index is 5.99. The van der Waals surface area contributed by atoms with E-state index in [-0.39, 0.29) is 0 Å². The zero-order valence-corrected chi connectivity index (χ0v) is 13.5. The molecule has 0 saturated carbocycles. The molecule has 3 aromatic rings. The highest BCUT2D eigenvalue weighted by Crippen LogP contribution is 2.30. The van der Waals surface area contributed by atoms with Crippen molar-refractivity contribution in [2.75, 3.05) is 11.1 Å². The molecular weight excluding hydrogens is 333 g/mol. The van der Waals surface area contributed by atoms with Crippen LogP contribution in [0.4, 0.5) is 17.2 Å². The lowest BCUT2D eigenvalue weighted by molar-refractivity contribution is 0.482. The van der Waals surface area contributed by atoms with Crippen LogP contribution in [0.3, 0.4) is 0 Å². The van der Waals surface area contributed by atoms with Gasteiger partial charge in [-0.1, -0.05) is 35.3 Å². The molecule has 23 heavy (non-hydrogen) atoms. The molecule has 0 amide bonds. The van der Waals surface area contributed by atoms with Crippen LogP contribution < -0.4 is 15.8 Å². The van der Waals surface area contributed by atoms with Gasteiger partial charge in [0.25, 0.3) is 0 Å². The Morgan fingerprint density at radius 2 is 1.70 bits per heavy atom. The van der Waals surface area contributed by atoms with Crippen molar-refractivity contribution in [3.8, 4) is 11.5 Å². The van der Waals surface area contributed by atoms with Crippen molar-refractivity contribution in [3.63, 3.8) is 0 Å². The van der Waals surface area contributed by atoms with Crippen LogP contribution in [0, 0.1) is 0 Å². The largest absolute Gasteiger partial charge is 0.457 e. The van der Waals surface area contributed by atoms with E-state index in [0.717, 1.165) is 5.69 Å². The Labute approximate surface area is 143 Å². The Morgan fingerprint density at radius 3 is 2.48 bits per heavy atom. The van der Waals surface area contributed by atoms with Crippen LogP contribution in [0.15, 0.2) is 60.8 Å². The first-order valence-electron chi connectivity index (χ1n) is 6.82. The number of hydrogen-bond acceptors (Lipinski definition) is 4. The number of aromatic nitrogens is 1. The van der Waals surface area contributed by atoms with Gasteiger partial charge in [-0.25, -0.2) is 4.98 Å². The number of ether oxygens (including phenoxy) is 1. The summed E-state index contributed by atoms with van der Waals surface area (Å²) in [6.07, 6.45) is 1.65. The molecule has 0 fully saturated rings. The van der Waals surface area contributed by atoms with Gasteiger partial charge in [-0.05, 0) is 30.3 Å². The minimum atomic E-state index is 0.439. The molecule has 0 bridgehead atoms. The highest BCUT2D eigenvalue weighted by molar-refractivity contribution is 6.42. The van der Waals surface area contributed by atoms with E-state index in [1.54, 1.807) is 36.5 Å². The molecule has 0 atom stereocenters. The first-order valence-corrected chi connectivity index (χ1v) is 7.58. The van der Waals surface area contributed by atoms with E-state index in [9.17, 15) is 0 Å². The molecule has 116 valence electrons. The van der Waals surface area contributed by atoms with E-state index >= 15 is 0 Å². The predicted molar refractivity (Wildman–Crippen MR) is 94.9 cm³/mol. The quantitative estimate of drug-likeness (QED) is 0.612. The van der Waals surface area contributed by atoms with Crippen LogP contribution in [0.1, 0.15) is 0 Å². The maximum Gasteiger partial charge on any atom is 0.134 e. The van der Waals surface area contributed by atoms with Gasteiger partial charge in [0.05, 0.1) is 21.4 Å². The second kappa shape index (κ2) is 6.77. The number of pyridine rings is 1. The Bertz CT molecular complexity index is 840. The summed E-state index contributed by atoms with van der Waals surface area (Å²) in [4.78, 5) is 4.26. The second-order valence-corrected chi connectivity index (χ2v) is 5.58. The lowest BCUT2D eigenvalue weighted by atomic mass is 10.2. The van der Waals surface area contributed by atoms with Crippen molar-refractivity contribution in [1.29, 1.82) is 0 Å². The van der Waals surface area contributed by atoms with E-state index < -0.39 is 0 Å². The predicted octanol–water partition coefficient (Wildman–Crippen LogP) is 5.51. The highest BCUT2D eigenvalue weighted by Gasteiger charge is 2.05. The first-order chi connectivity index (χ1) is 11.1. The number of anilines is 3. The average molecular weight is 346 g/mol. The number of nitrogens with zero attached hydrogens (tertiary/aromatic N) is 1. The van der Waals surface area contributed by atoms with Crippen molar-refractivity contribution in [1.82, 2.24) is 4.98 Å². The summed E-state index contributed by atoms with van der Waals surface area (Å²) in [5.41, 5.74) is 7.34. The summed E-state index contributed by atoms with van der Waals surface area (Å²) in [5.74, 6) is 1.84. The van der Waals surface area contributed by atoms with Gasteiger partial charge in [0.15, 0.2) is 0 Å². The number of rotatable bonds is 4. The standard InChI is InChI=1S/C17H13Cl2N3O/c18-13-6-5-11(9-14(13)19)23-12-7-8-21-17(10-12)22-16-4-2-1-3-15(16)20/h1-10H,20H2,(H,21,22). The summed E-state index contributed by atoms with van der Waals surface area (Å²) in [6.45, 7) is 0. The smallest absolute Gasteiger partial charge is 0.134 e. The van der Waals surface area contributed by atoms with Gasteiger partial charge < -0.3 is 15.8 Å². The maximum atomic E-state index is 5.99. The molecule has 0 aliphatic heterocycles. The van der Waals surface area contributed by atoms with Crippen LogP contribution in [-0.2, 0) is 0 Å². The van der Waals surface area contributed by atoms with Crippen LogP contribution in [0.5, 0.6) is 11.5 Å². The molecule has 3 rings (SSSR count). The molecule has 6 heteroatoms. The molecule has 2 aromatic carbocycles. The first kappa shape index (κ1) is 15.5. The Morgan fingerprint density at radius 1 is 0.913 bits per heavy atom. The van der Waals surface area contributed by atoms with Gasteiger partial charge in [0.1, 0.15) is 17.3 Å². The third-order valence-corrected chi connectivity index (χ3v) is 3.82. The van der Waals surface area contributed by atoms with Crippen molar-refractivity contribution >= 4 is 40.4 Å². The van der Waals surface area contributed by atoms with Gasteiger partial charge >= 0.3 is 0 Å². The van der Waals surface area contributed by atoms with Crippen molar-refractivity contribution < 1.29 is 4.74 Å². The molecule has 0 saturated heterocycles. The number of hydrogen-bond donors (Lipinski definition) is 2. The molecule has 0 unspecified atom stereocenters. The lowest BCUT2D eigenvalue weighted by Crippen LogP contribution is -1.97. The molecule has 0 spiro atoms. The fourth-order valence-electron chi connectivity index (χ4n) is 1.97. The van der Waals surface area contributed by atoms with E-state index in [1.165, 1.54) is 0 Å². The van der Waals surface area contributed by atoms with Crippen molar-refractivity contribution in [3.05, 3.63) is 70.8 Å². The van der Waals surface area contributed by atoms with Gasteiger partial charge in [0, 0.05) is 18.3 Å². The summed E-state index contributed by atoms with van der Waals surface area (Å²) >= 11 is 11.9. The molecule has 0 radical (unpaired) electrons. The van der Waals surface area contributed by atoms with Crippen LogP contribution in [0.2, 0.25) is 10.0 Å². The number of halogens is 2. The van der Waals surface area contributed by atoms with Gasteiger partial charge in [-0.3, -0.25) is 0 Å². The molecule has 4 nitrogen and oxygen atoms in total. The normalized spacial score (nSPS) is 10.3. The molecule has 0 aliphatic rings. The third kappa shape index (κ3) is 3.86. The highest BCUT2D eigenvalue weighted by atomic mass is 35.5. The number of nitrogens with two attached hydrogens (primary N) is 1. The molecule has 1 heterocycles. The summed E-state index contributed by atoms with van der Waals surface area (Å²) in [5, 5.41) is 4.08. The number of para-hydroxylation sites is 2. The monoisotopic (exact) mass is 345 g/mol. The topological polar surface area (TPSA) is 60.2 Å². The Hall–Kier alpha value is -2.43.